The van der Waals surface area contributed by atoms with E-state index in [0.717, 1.165) is 10.4 Å². The van der Waals surface area contributed by atoms with Crippen molar-refractivity contribution in [1.29, 1.82) is 0 Å². The van der Waals surface area contributed by atoms with Crippen molar-refractivity contribution >= 4 is 16.7 Å². The van der Waals surface area contributed by atoms with Crippen LogP contribution in [0.15, 0.2) is 36.4 Å². The fraction of sp³-hybridized carbons (Fsp3) is 0.421. The number of halogens is 3. The summed E-state index contributed by atoms with van der Waals surface area (Å²) in [7, 11) is 0. The Morgan fingerprint density at radius 1 is 1.27 bits per heavy atom. The molecule has 0 spiro atoms. The average molecular weight is 366 g/mol. The fourth-order valence-corrected chi connectivity index (χ4v) is 3.43. The van der Waals surface area contributed by atoms with Crippen LogP contribution in [0.3, 0.4) is 0 Å². The molecule has 140 valence electrons. The van der Waals surface area contributed by atoms with Crippen LogP contribution in [0.4, 0.5) is 13.2 Å². The fourth-order valence-electron chi connectivity index (χ4n) is 3.43. The highest BCUT2D eigenvalue weighted by molar-refractivity contribution is 5.89. The van der Waals surface area contributed by atoms with Crippen molar-refractivity contribution in [2.75, 3.05) is 6.61 Å². The summed E-state index contributed by atoms with van der Waals surface area (Å²) in [6.07, 6.45) is -4.53. The van der Waals surface area contributed by atoms with Crippen molar-refractivity contribution in [3.63, 3.8) is 0 Å². The molecule has 7 heteroatoms. The molecule has 0 aliphatic carbocycles. The van der Waals surface area contributed by atoms with Gasteiger partial charge in [0, 0.05) is 17.3 Å². The van der Waals surface area contributed by atoms with Crippen LogP contribution in [-0.2, 0) is 4.79 Å². The van der Waals surface area contributed by atoms with Crippen molar-refractivity contribution in [1.82, 2.24) is 10.4 Å². The number of hydrogen-bond acceptors (Lipinski definition) is 3. The number of fused-ring (bicyclic) bond motifs is 1. The number of nitrogens with one attached hydrogen (secondary N) is 1. The molecule has 1 aliphatic rings. The minimum absolute atomic E-state index is 0.0155. The van der Waals surface area contributed by atoms with Crippen molar-refractivity contribution in [2.24, 2.45) is 0 Å². The Labute approximate surface area is 149 Å². The molecular formula is C19H21F3N2O2. The van der Waals surface area contributed by atoms with Gasteiger partial charge in [0.2, 0.25) is 5.91 Å². The van der Waals surface area contributed by atoms with Crippen LogP contribution in [0.1, 0.15) is 38.8 Å². The maximum absolute atomic E-state index is 13.9. The Balaban J connectivity index is 2.09. The number of amides is 1. The first-order valence-electron chi connectivity index (χ1n) is 8.44. The van der Waals surface area contributed by atoms with Gasteiger partial charge in [0.05, 0.1) is 6.61 Å². The summed E-state index contributed by atoms with van der Waals surface area (Å²) < 4.78 is 47.3. The molecule has 4 nitrogen and oxygen atoms in total. The van der Waals surface area contributed by atoms with Gasteiger partial charge in [-0.3, -0.25) is 10.2 Å². The zero-order chi connectivity index (χ0) is 19.1. The molecule has 1 saturated heterocycles. The van der Waals surface area contributed by atoms with E-state index in [4.69, 9.17) is 4.74 Å². The van der Waals surface area contributed by atoms with E-state index in [2.05, 4.69) is 5.43 Å². The van der Waals surface area contributed by atoms with Gasteiger partial charge >= 0.3 is 6.18 Å². The smallest absolute Gasteiger partial charge is 0.409 e. The number of hydrogen-bond donors (Lipinski definition) is 1. The first-order chi connectivity index (χ1) is 12.1. The van der Waals surface area contributed by atoms with Gasteiger partial charge < -0.3 is 4.74 Å². The lowest BCUT2D eigenvalue weighted by molar-refractivity contribution is -0.203. The van der Waals surface area contributed by atoms with Crippen molar-refractivity contribution < 1.29 is 22.7 Å². The SMILES string of the molecule is CCOc1cccc2cc(C(N3NC(=O)CC3(C)C)C(F)(F)F)ccc12. The zero-order valence-electron chi connectivity index (χ0n) is 14.9. The third-order valence-electron chi connectivity index (χ3n) is 4.54. The highest BCUT2D eigenvalue weighted by atomic mass is 19.4. The molecule has 1 aliphatic heterocycles. The Hall–Kier alpha value is -2.28. The lowest BCUT2D eigenvalue weighted by atomic mass is 9.95. The maximum atomic E-state index is 13.9. The number of carbonyl (C=O) groups excluding carboxylic acids is 1. The summed E-state index contributed by atoms with van der Waals surface area (Å²) >= 11 is 0. The molecule has 1 N–H and O–H groups in total. The minimum atomic E-state index is -4.54. The molecule has 1 atom stereocenters. The highest BCUT2D eigenvalue weighted by Gasteiger charge is 2.52. The van der Waals surface area contributed by atoms with Crippen LogP contribution in [-0.4, -0.2) is 29.2 Å². The Bertz CT molecular complexity index is 833. The molecule has 0 bridgehead atoms. The lowest BCUT2D eigenvalue weighted by Gasteiger charge is -2.38. The summed E-state index contributed by atoms with van der Waals surface area (Å²) in [6.45, 7) is 5.57. The second-order valence-corrected chi connectivity index (χ2v) is 7.01. The molecule has 1 amide bonds. The van der Waals surface area contributed by atoms with E-state index >= 15 is 0 Å². The standard InChI is InChI=1S/C19H21F3N2O2/c1-4-26-15-7-5-6-12-10-13(8-9-14(12)15)17(19(20,21)22)24-18(2,3)11-16(25)23-24/h5-10,17H,4,11H2,1-3H3,(H,23,25). The van der Waals surface area contributed by atoms with Crippen LogP contribution < -0.4 is 10.2 Å². The molecule has 0 saturated carbocycles. The van der Waals surface area contributed by atoms with Gasteiger partial charge in [0.15, 0.2) is 6.04 Å². The van der Waals surface area contributed by atoms with Gasteiger partial charge in [-0.15, -0.1) is 0 Å². The number of carbonyl (C=O) groups is 1. The number of nitrogens with zero attached hydrogens (tertiary/aromatic N) is 1. The predicted molar refractivity (Wildman–Crippen MR) is 92.6 cm³/mol. The van der Waals surface area contributed by atoms with Crippen LogP contribution in [0, 0.1) is 0 Å². The van der Waals surface area contributed by atoms with Gasteiger partial charge in [-0.1, -0.05) is 24.3 Å². The van der Waals surface area contributed by atoms with E-state index < -0.39 is 23.7 Å². The van der Waals surface area contributed by atoms with E-state index in [1.807, 2.05) is 6.92 Å². The molecule has 1 heterocycles. The average Bonchev–Trinajstić information content (AvgIpc) is 2.79. The van der Waals surface area contributed by atoms with Gasteiger partial charge in [0.1, 0.15) is 5.75 Å². The zero-order valence-corrected chi connectivity index (χ0v) is 14.9. The van der Waals surface area contributed by atoms with Crippen LogP contribution in [0.25, 0.3) is 10.8 Å². The second-order valence-electron chi connectivity index (χ2n) is 7.01. The summed E-state index contributed by atoms with van der Waals surface area (Å²) in [5, 5.41) is 2.43. The normalized spacial score (nSPS) is 18.8. The third-order valence-corrected chi connectivity index (χ3v) is 4.54. The van der Waals surface area contributed by atoms with Gasteiger partial charge in [0.25, 0.3) is 0 Å². The predicted octanol–water partition coefficient (Wildman–Crippen LogP) is 4.36. The second kappa shape index (κ2) is 6.46. The lowest BCUT2D eigenvalue weighted by Crippen LogP contribution is -2.51. The maximum Gasteiger partial charge on any atom is 0.409 e. The Morgan fingerprint density at radius 3 is 2.58 bits per heavy atom. The van der Waals surface area contributed by atoms with Crippen LogP contribution >= 0.6 is 0 Å². The van der Waals surface area contributed by atoms with E-state index in [0.29, 0.717) is 17.7 Å². The molecule has 1 fully saturated rings. The molecule has 26 heavy (non-hydrogen) atoms. The quantitative estimate of drug-likeness (QED) is 0.874. The molecule has 1 unspecified atom stereocenters. The van der Waals surface area contributed by atoms with E-state index in [-0.39, 0.29) is 12.0 Å². The van der Waals surface area contributed by atoms with E-state index in [1.54, 1.807) is 38.1 Å². The first kappa shape index (κ1) is 18.5. The summed E-state index contributed by atoms with van der Waals surface area (Å²) in [6, 6.07) is 7.96. The molecular weight excluding hydrogens is 345 g/mol. The first-order valence-corrected chi connectivity index (χ1v) is 8.44. The van der Waals surface area contributed by atoms with Crippen molar-refractivity contribution in [3.05, 3.63) is 42.0 Å². The van der Waals surface area contributed by atoms with Gasteiger partial charge in [-0.25, -0.2) is 0 Å². The van der Waals surface area contributed by atoms with Gasteiger partial charge in [-0.2, -0.15) is 18.2 Å². The summed E-state index contributed by atoms with van der Waals surface area (Å²) in [5.74, 6) is 0.221. The van der Waals surface area contributed by atoms with Crippen molar-refractivity contribution in [2.45, 2.75) is 44.9 Å². The summed E-state index contributed by atoms with van der Waals surface area (Å²) in [4.78, 5) is 11.7. The molecule has 2 aromatic rings. The largest absolute Gasteiger partial charge is 0.493 e. The topological polar surface area (TPSA) is 41.6 Å². The monoisotopic (exact) mass is 366 g/mol. The highest BCUT2D eigenvalue weighted by Crippen LogP contribution is 2.43. The molecule has 2 aromatic carbocycles. The Morgan fingerprint density at radius 2 is 2.00 bits per heavy atom. The minimum Gasteiger partial charge on any atom is -0.493 e. The number of ether oxygens (including phenoxy) is 1. The number of rotatable bonds is 4. The van der Waals surface area contributed by atoms with Gasteiger partial charge in [-0.05, 0) is 43.9 Å². The van der Waals surface area contributed by atoms with Crippen LogP contribution in [0.2, 0.25) is 0 Å². The van der Waals surface area contributed by atoms with Crippen molar-refractivity contribution in [3.8, 4) is 5.75 Å². The number of alkyl halides is 3. The Kier molecular flexibility index (Phi) is 4.60. The molecule has 3 rings (SSSR count). The number of benzene rings is 2. The summed E-state index contributed by atoms with van der Waals surface area (Å²) in [5.41, 5.74) is 1.51. The van der Waals surface area contributed by atoms with Crippen LogP contribution in [0.5, 0.6) is 5.75 Å². The van der Waals surface area contributed by atoms with E-state index in [9.17, 15) is 18.0 Å². The number of hydrazine groups is 1. The third kappa shape index (κ3) is 3.35. The molecule has 0 radical (unpaired) electrons. The molecule has 0 aromatic heterocycles. The van der Waals surface area contributed by atoms with E-state index in [1.165, 1.54) is 12.1 Å².